The monoisotopic (exact) mass is 289 g/mol. The first kappa shape index (κ1) is 16.0. The number of aliphatic carboxylic acids is 1. The number of piperidine rings is 1. The molecule has 21 heavy (non-hydrogen) atoms. The molecule has 116 valence electrons. The molecule has 0 spiro atoms. The van der Waals surface area contributed by atoms with Crippen LogP contribution in [0.5, 0.6) is 0 Å². The molecular weight excluding hydrogens is 262 g/mol. The Morgan fingerprint density at radius 2 is 2.14 bits per heavy atom. The maximum absolute atomic E-state index is 11.2. The Labute approximate surface area is 128 Å². The van der Waals surface area contributed by atoms with Crippen LogP contribution in [0.15, 0.2) is 18.2 Å². The van der Waals surface area contributed by atoms with E-state index in [1.54, 1.807) is 0 Å². The zero-order chi connectivity index (χ0) is 15.4. The van der Waals surface area contributed by atoms with Gasteiger partial charge < -0.3 is 5.11 Å². The minimum atomic E-state index is -0.693. The first-order chi connectivity index (χ1) is 9.95. The minimum absolute atomic E-state index is 0.118. The van der Waals surface area contributed by atoms with Gasteiger partial charge in [-0.2, -0.15) is 0 Å². The van der Waals surface area contributed by atoms with Gasteiger partial charge in [0, 0.05) is 12.6 Å². The fraction of sp³-hybridized carbons (Fsp3) is 0.611. The van der Waals surface area contributed by atoms with Gasteiger partial charge in [0.15, 0.2) is 0 Å². The smallest absolute Gasteiger partial charge is 0.304 e. The second-order valence-corrected chi connectivity index (χ2v) is 6.62. The molecule has 1 aliphatic heterocycles. The number of likely N-dealkylation sites (tertiary alicyclic amines) is 1. The summed E-state index contributed by atoms with van der Waals surface area (Å²) in [4.78, 5) is 13.6. The Morgan fingerprint density at radius 3 is 2.76 bits per heavy atom. The van der Waals surface area contributed by atoms with E-state index in [0.29, 0.717) is 5.92 Å². The van der Waals surface area contributed by atoms with Crippen molar-refractivity contribution in [2.45, 2.75) is 52.5 Å². The van der Waals surface area contributed by atoms with Crippen molar-refractivity contribution in [3.8, 4) is 0 Å². The van der Waals surface area contributed by atoms with E-state index in [1.807, 2.05) is 0 Å². The predicted octanol–water partition coefficient (Wildman–Crippen LogP) is 3.42. The summed E-state index contributed by atoms with van der Waals surface area (Å²) >= 11 is 0. The number of carbonyl (C=O) groups is 1. The van der Waals surface area contributed by atoms with E-state index < -0.39 is 5.97 Å². The van der Waals surface area contributed by atoms with E-state index in [0.717, 1.165) is 19.5 Å². The molecule has 0 radical (unpaired) electrons. The van der Waals surface area contributed by atoms with E-state index in [1.165, 1.54) is 29.5 Å². The van der Waals surface area contributed by atoms with Gasteiger partial charge in [-0.1, -0.05) is 25.1 Å². The van der Waals surface area contributed by atoms with E-state index >= 15 is 0 Å². The number of carboxylic acids is 1. The van der Waals surface area contributed by atoms with Gasteiger partial charge in [0.2, 0.25) is 0 Å². The van der Waals surface area contributed by atoms with Gasteiger partial charge >= 0.3 is 5.97 Å². The number of rotatable bonds is 5. The molecule has 1 aliphatic rings. The maximum atomic E-state index is 11.2. The fourth-order valence-electron chi connectivity index (χ4n) is 3.29. The average molecular weight is 289 g/mol. The molecule has 3 heteroatoms. The Morgan fingerprint density at radius 1 is 1.38 bits per heavy atom. The third kappa shape index (κ3) is 4.57. The quantitative estimate of drug-likeness (QED) is 0.903. The summed E-state index contributed by atoms with van der Waals surface area (Å²) in [5, 5.41) is 9.23. The third-order valence-corrected chi connectivity index (χ3v) is 4.66. The lowest BCUT2D eigenvalue weighted by molar-refractivity contribution is -0.138. The van der Waals surface area contributed by atoms with Crippen LogP contribution in [-0.4, -0.2) is 35.1 Å². The van der Waals surface area contributed by atoms with Gasteiger partial charge in [0.25, 0.3) is 0 Å². The van der Waals surface area contributed by atoms with Gasteiger partial charge in [-0.3, -0.25) is 9.69 Å². The second-order valence-electron chi connectivity index (χ2n) is 6.62. The first-order valence-electron chi connectivity index (χ1n) is 7.97. The van der Waals surface area contributed by atoms with Crippen LogP contribution < -0.4 is 0 Å². The molecule has 1 N–H and O–H groups in total. The lowest BCUT2D eigenvalue weighted by Gasteiger charge is -2.37. The molecule has 0 aliphatic carbocycles. The van der Waals surface area contributed by atoms with Crippen molar-refractivity contribution in [1.29, 1.82) is 0 Å². The Balaban J connectivity index is 2.11. The molecule has 3 nitrogen and oxygen atoms in total. The van der Waals surface area contributed by atoms with Crippen molar-refractivity contribution in [1.82, 2.24) is 4.90 Å². The number of hydrogen-bond donors (Lipinski definition) is 1. The number of carboxylic acid groups (broad SMARTS) is 1. The first-order valence-corrected chi connectivity index (χ1v) is 7.97. The molecule has 1 saturated heterocycles. The van der Waals surface area contributed by atoms with Crippen molar-refractivity contribution in [2.24, 2.45) is 5.92 Å². The Kier molecular flexibility index (Phi) is 5.40. The molecule has 1 aromatic rings. The summed E-state index contributed by atoms with van der Waals surface area (Å²) in [6, 6.07) is 6.61. The standard InChI is InChI=1S/C18H27NO2/c1-13-5-4-8-19(12-13)17(11-18(20)21)10-16-7-6-14(2)15(3)9-16/h6-7,9,13,17H,4-5,8,10-12H2,1-3H3,(H,20,21). The molecule has 2 unspecified atom stereocenters. The lowest BCUT2D eigenvalue weighted by Crippen LogP contribution is -2.44. The molecule has 1 fully saturated rings. The van der Waals surface area contributed by atoms with Gasteiger partial charge in [-0.15, -0.1) is 0 Å². The predicted molar refractivity (Wildman–Crippen MR) is 85.6 cm³/mol. The number of benzene rings is 1. The number of nitrogens with zero attached hydrogens (tertiary/aromatic N) is 1. The Hall–Kier alpha value is -1.35. The normalized spacial score (nSPS) is 21.2. The van der Waals surface area contributed by atoms with Gasteiger partial charge in [0.1, 0.15) is 0 Å². The van der Waals surface area contributed by atoms with Gasteiger partial charge in [-0.05, 0) is 62.3 Å². The maximum Gasteiger partial charge on any atom is 0.304 e. The molecule has 0 bridgehead atoms. The van der Waals surface area contributed by atoms with Crippen LogP contribution in [0.3, 0.4) is 0 Å². The lowest BCUT2D eigenvalue weighted by atomic mass is 9.94. The van der Waals surface area contributed by atoms with Crippen LogP contribution in [0.25, 0.3) is 0 Å². The molecule has 0 amide bonds. The highest BCUT2D eigenvalue weighted by molar-refractivity contribution is 5.67. The van der Waals surface area contributed by atoms with Crippen molar-refractivity contribution in [3.05, 3.63) is 34.9 Å². The molecule has 1 heterocycles. The molecule has 1 aromatic carbocycles. The highest BCUT2D eigenvalue weighted by Gasteiger charge is 2.26. The van der Waals surface area contributed by atoms with E-state index in [-0.39, 0.29) is 12.5 Å². The fourth-order valence-corrected chi connectivity index (χ4v) is 3.29. The molecule has 2 atom stereocenters. The number of aryl methyl sites for hydroxylation is 2. The largest absolute Gasteiger partial charge is 0.481 e. The SMILES string of the molecule is Cc1ccc(CC(CC(=O)O)N2CCCC(C)C2)cc1C. The summed E-state index contributed by atoms with van der Waals surface area (Å²) in [6.07, 6.45) is 3.52. The minimum Gasteiger partial charge on any atom is -0.481 e. The van der Waals surface area contributed by atoms with Crippen LogP contribution in [0, 0.1) is 19.8 Å². The second kappa shape index (κ2) is 7.08. The van der Waals surface area contributed by atoms with Crippen LogP contribution in [0.4, 0.5) is 0 Å². The van der Waals surface area contributed by atoms with E-state index in [4.69, 9.17) is 0 Å². The summed E-state index contributed by atoms with van der Waals surface area (Å²) < 4.78 is 0. The van der Waals surface area contributed by atoms with Crippen molar-refractivity contribution in [2.75, 3.05) is 13.1 Å². The summed E-state index contributed by atoms with van der Waals surface area (Å²) in [7, 11) is 0. The van der Waals surface area contributed by atoms with Crippen molar-refractivity contribution >= 4 is 5.97 Å². The molecule has 0 saturated carbocycles. The van der Waals surface area contributed by atoms with Gasteiger partial charge in [0.05, 0.1) is 6.42 Å². The van der Waals surface area contributed by atoms with Crippen molar-refractivity contribution in [3.63, 3.8) is 0 Å². The highest BCUT2D eigenvalue weighted by atomic mass is 16.4. The van der Waals surface area contributed by atoms with Crippen molar-refractivity contribution < 1.29 is 9.90 Å². The topological polar surface area (TPSA) is 40.5 Å². The zero-order valence-electron chi connectivity index (χ0n) is 13.4. The number of hydrogen-bond acceptors (Lipinski definition) is 2. The third-order valence-electron chi connectivity index (χ3n) is 4.66. The van der Waals surface area contributed by atoms with Crippen LogP contribution in [0.2, 0.25) is 0 Å². The summed E-state index contributed by atoms with van der Waals surface area (Å²) in [5.74, 6) is -0.0168. The van der Waals surface area contributed by atoms with Crippen LogP contribution in [0.1, 0.15) is 42.9 Å². The molecular formula is C18H27NO2. The Bertz CT molecular complexity index is 498. The highest BCUT2D eigenvalue weighted by Crippen LogP contribution is 2.22. The average Bonchev–Trinajstić information content (AvgIpc) is 2.42. The zero-order valence-corrected chi connectivity index (χ0v) is 13.4. The summed E-state index contributed by atoms with van der Waals surface area (Å²) in [5.41, 5.74) is 3.83. The van der Waals surface area contributed by atoms with Gasteiger partial charge in [-0.25, -0.2) is 0 Å². The summed E-state index contributed by atoms with van der Waals surface area (Å²) in [6.45, 7) is 8.56. The molecule has 0 aromatic heterocycles. The molecule has 2 rings (SSSR count). The van der Waals surface area contributed by atoms with E-state index in [2.05, 4.69) is 43.9 Å². The van der Waals surface area contributed by atoms with E-state index in [9.17, 15) is 9.90 Å². The van der Waals surface area contributed by atoms with Crippen LogP contribution >= 0.6 is 0 Å². The van der Waals surface area contributed by atoms with Crippen LogP contribution in [-0.2, 0) is 11.2 Å².